The molecule has 0 radical (unpaired) electrons. The van der Waals surface area contributed by atoms with Gasteiger partial charge in [-0.3, -0.25) is 4.79 Å². The third-order valence-electron chi connectivity index (χ3n) is 4.57. The van der Waals surface area contributed by atoms with Crippen molar-refractivity contribution in [2.24, 2.45) is 7.05 Å². The first kappa shape index (κ1) is 20.2. The van der Waals surface area contributed by atoms with Crippen molar-refractivity contribution >= 4 is 57.0 Å². The number of fused-ring (bicyclic) bond motifs is 3. The predicted molar refractivity (Wildman–Crippen MR) is 118 cm³/mol. The van der Waals surface area contributed by atoms with E-state index in [1.807, 2.05) is 35.9 Å². The molecular formula is C20H18ClN5O3S. The number of carbonyl (C=O) groups is 1. The molecule has 0 aliphatic heterocycles. The molecule has 154 valence electrons. The molecule has 2 aromatic heterocycles. The molecule has 0 atom stereocenters. The SMILES string of the molecule is COc1cc(OC)c(NC(=O)CSc2nnc3c4ccccc4n(C)c3n2)cc1Cl. The van der Waals surface area contributed by atoms with Gasteiger partial charge in [0.25, 0.3) is 0 Å². The molecule has 0 unspecified atom stereocenters. The Balaban J connectivity index is 1.50. The molecule has 0 fully saturated rings. The van der Waals surface area contributed by atoms with Gasteiger partial charge in [-0.2, -0.15) is 0 Å². The third-order valence-corrected chi connectivity index (χ3v) is 5.70. The predicted octanol–water partition coefficient (Wildman–Crippen LogP) is 3.92. The van der Waals surface area contributed by atoms with Gasteiger partial charge in [-0.05, 0) is 12.1 Å². The van der Waals surface area contributed by atoms with E-state index in [1.165, 1.54) is 26.0 Å². The number of hydrogen-bond donors (Lipinski definition) is 1. The van der Waals surface area contributed by atoms with E-state index in [2.05, 4.69) is 20.5 Å². The lowest BCUT2D eigenvalue weighted by atomic mass is 10.2. The molecule has 0 saturated heterocycles. The number of rotatable bonds is 6. The van der Waals surface area contributed by atoms with Crippen LogP contribution in [0.15, 0.2) is 41.6 Å². The van der Waals surface area contributed by atoms with Crippen LogP contribution < -0.4 is 14.8 Å². The van der Waals surface area contributed by atoms with E-state index in [0.717, 1.165) is 22.1 Å². The summed E-state index contributed by atoms with van der Waals surface area (Å²) < 4.78 is 12.4. The van der Waals surface area contributed by atoms with E-state index < -0.39 is 0 Å². The summed E-state index contributed by atoms with van der Waals surface area (Å²) in [5.74, 6) is 0.762. The summed E-state index contributed by atoms with van der Waals surface area (Å²) in [6.07, 6.45) is 0. The van der Waals surface area contributed by atoms with E-state index in [1.54, 1.807) is 12.1 Å². The zero-order chi connectivity index (χ0) is 21.3. The zero-order valence-corrected chi connectivity index (χ0v) is 18.0. The van der Waals surface area contributed by atoms with Crippen LogP contribution >= 0.6 is 23.4 Å². The molecule has 0 aliphatic carbocycles. The Hall–Kier alpha value is -3.04. The molecule has 0 spiro atoms. The average Bonchev–Trinajstić information content (AvgIpc) is 3.04. The number of nitrogens with one attached hydrogen (secondary N) is 1. The number of thioether (sulfide) groups is 1. The highest BCUT2D eigenvalue weighted by molar-refractivity contribution is 7.99. The van der Waals surface area contributed by atoms with Crippen molar-refractivity contribution < 1.29 is 14.3 Å². The average molecular weight is 444 g/mol. The van der Waals surface area contributed by atoms with Crippen LogP contribution in [0.25, 0.3) is 22.1 Å². The summed E-state index contributed by atoms with van der Waals surface area (Å²) >= 11 is 7.35. The van der Waals surface area contributed by atoms with Gasteiger partial charge in [-0.25, -0.2) is 4.98 Å². The molecule has 8 nitrogen and oxygen atoms in total. The number of ether oxygens (including phenoxy) is 2. The first-order valence-electron chi connectivity index (χ1n) is 8.94. The highest BCUT2D eigenvalue weighted by atomic mass is 35.5. The largest absolute Gasteiger partial charge is 0.495 e. The van der Waals surface area contributed by atoms with Crippen LogP contribution in [0.2, 0.25) is 5.02 Å². The summed E-state index contributed by atoms with van der Waals surface area (Å²) in [5.41, 5.74) is 2.94. The number of para-hydroxylation sites is 1. The van der Waals surface area contributed by atoms with Crippen molar-refractivity contribution in [3.63, 3.8) is 0 Å². The lowest BCUT2D eigenvalue weighted by molar-refractivity contribution is -0.113. The Bertz CT molecular complexity index is 1260. The molecule has 1 amide bonds. The van der Waals surface area contributed by atoms with E-state index in [0.29, 0.717) is 27.4 Å². The van der Waals surface area contributed by atoms with E-state index in [4.69, 9.17) is 21.1 Å². The monoisotopic (exact) mass is 443 g/mol. The molecule has 0 saturated carbocycles. The van der Waals surface area contributed by atoms with Gasteiger partial charge in [0, 0.05) is 18.5 Å². The fourth-order valence-electron chi connectivity index (χ4n) is 3.13. The summed E-state index contributed by atoms with van der Waals surface area (Å²) in [5, 5.41) is 13.1. The van der Waals surface area contributed by atoms with Crippen molar-refractivity contribution in [2.45, 2.75) is 5.16 Å². The van der Waals surface area contributed by atoms with Gasteiger partial charge in [0.2, 0.25) is 11.1 Å². The lowest BCUT2D eigenvalue weighted by Crippen LogP contribution is -2.15. The normalized spacial score (nSPS) is 11.1. The summed E-state index contributed by atoms with van der Waals surface area (Å²) in [6.45, 7) is 0. The van der Waals surface area contributed by atoms with Gasteiger partial charge in [0.15, 0.2) is 5.65 Å². The van der Waals surface area contributed by atoms with Crippen molar-refractivity contribution in [1.82, 2.24) is 19.7 Å². The minimum atomic E-state index is -0.250. The molecule has 2 aromatic carbocycles. The minimum Gasteiger partial charge on any atom is -0.495 e. The number of amides is 1. The number of aromatic nitrogens is 4. The Morgan fingerprint density at radius 1 is 1.17 bits per heavy atom. The molecule has 30 heavy (non-hydrogen) atoms. The van der Waals surface area contributed by atoms with Crippen LogP contribution in [-0.2, 0) is 11.8 Å². The summed E-state index contributed by atoms with van der Waals surface area (Å²) in [4.78, 5) is 17.0. The number of anilines is 1. The van der Waals surface area contributed by atoms with Crippen LogP contribution in [0.4, 0.5) is 5.69 Å². The highest BCUT2D eigenvalue weighted by Gasteiger charge is 2.15. The first-order valence-corrected chi connectivity index (χ1v) is 10.3. The highest BCUT2D eigenvalue weighted by Crippen LogP contribution is 2.36. The summed E-state index contributed by atoms with van der Waals surface area (Å²) in [6, 6.07) is 11.1. The maximum atomic E-state index is 12.4. The minimum absolute atomic E-state index is 0.101. The molecule has 10 heteroatoms. The number of aryl methyl sites for hydroxylation is 1. The Kier molecular flexibility index (Phi) is 5.65. The molecular weight excluding hydrogens is 426 g/mol. The number of benzene rings is 2. The van der Waals surface area contributed by atoms with Gasteiger partial charge in [0.1, 0.15) is 17.0 Å². The number of hydrogen-bond acceptors (Lipinski definition) is 7. The Morgan fingerprint density at radius 3 is 2.70 bits per heavy atom. The number of methoxy groups -OCH3 is 2. The second-order valence-corrected chi connectivity index (χ2v) is 7.72. The van der Waals surface area contributed by atoms with Crippen molar-refractivity contribution in [2.75, 3.05) is 25.3 Å². The second-order valence-electron chi connectivity index (χ2n) is 6.37. The van der Waals surface area contributed by atoms with Crippen LogP contribution in [0.5, 0.6) is 11.5 Å². The topological polar surface area (TPSA) is 91.2 Å². The Labute approximate surface area is 181 Å². The smallest absolute Gasteiger partial charge is 0.234 e. The zero-order valence-electron chi connectivity index (χ0n) is 16.5. The molecule has 4 aromatic rings. The fraction of sp³-hybridized carbons (Fsp3) is 0.200. The Morgan fingerprint density at radius 2 is 1.93 bits per heavy atom. The quantitative estimate of drug-likeness (QED) is 0.451. The lowest BCUT2D eigenvalue weighted by Gasteiger charge is -2.12. The number of halogens is 1. The molecule has 0 aliphatic rings. The molecule has 0 bridgehead atoms. The second kappa shape index (κ2) is 8.37. The van der Waals surface area contributed by atoms with Gasteiger partial charge in [-0.15, -0.1) is 10.2 Å². The van der Waals surface area contributed by atoms with Crippen molar-refractivity contribution in [3.05, 3.63) is 41.4 Å². The summed E-state index contributed by atoms with van der Waals surface area (Å²) in [7, 11) is 4.95. The van der Waals surface area contributed by atoms with E-state index in [9.17, 15) is 4.79 Å². The molecule has 4 rings (SSSR count). The fourth-order valence-corrected chi connectivity index (χ4v) is 3.95. The van der Waals surface area contributed by atoms with E-state index >= 15 is 0 Å². The van der Waals surface area contributed by atoms with Crippen LogP contribution in [-0.4, -0.2) is 45.6 Å². The van der Waals surface area contributed by atoms with Gasteiger partial charge < -0.3 is 19.4 Å². The first-order chi connectivity index (χ1) is 14.5. The molecule has 2 heterocycles. The van der Waals surface area contributed by atoms with Crippen LogP contribution in [0, 0.1) is 0 Å². The third kappa shape index (κ3) is 3.73. The number of carbonyl (C=O) groups excluding carboxylic acids is 1. The van der Waals surface area contributed by atoms with Crippen LogP contribution in [0.1, 0.15) is 0 Å². The van der Waals surface area contributed by atoms with Gasteiger partial charge in [-0.1, -0.05) is 41.6 Å². The molecule has 1 N–H and O–H groups in total. The van der Waals surface area contributed by atoms with Crippen LogP contribution in [0.3, 0.4) is 0 Å². The van der Waals surface area contributed by atoms with Crippen molar-refractivity contribution in [3.8, 4) is 11.5 Å². The van der Waals surface area contributed by atoms with E-state index in [-0.39, 0.29) is 11.7 Å². The maximum Gasteiger partial charge on any atom is 0.234 e. The van der Waals surface area contributed by atoms with Gasteiger partial charge >= 0.3 is 0 Å². The number of nitrogens with zero attached hydrogens (tertiary/aromatic N) is 4. The maximum absolute atomic E-state index is 12.4. The standard InChI is InChI=1S/C20H18ClN5O3S/c1-26-14-7-5-4-6-11(14)18-19(26)23-20(25-24-18)30-10-17(27)22-13-8-12(21)15(28-2)9-16(13)29-3/h4-9H,10H2,1-3H3,(H,22,27). The van der Waals surface area contributed by atoms with Gasteiger partial charge in [0.05, 0.1) is 36.2 Å². The van der Waals surface area contributed by atoms with Crippen molar-refractivity contribution in [1.29, 1.82) is 0 Å².